The lowest BCUT2D eigenvalue weighted by Gasteiger charge is -2.19. The Hall–Kier alpha value is -1.75. The fourth-order valence-electron chi connectivity index (χ4n) is 2.74. The highest BCUT2D eigenvalue weighted by atomic mass is 16.5. The van der Waals surface area contributed by atoms with E-state index in [1.54, 1.807) is 32.4 Å². The Morgan fingerprint density at radius 3 is 2.70 bits per heavy atom. The minimum atomic E-state index is -0.0868. The van der Waals surface area contributed by atoms with Gasteiger partial charge in [0.15, 0.2) is 11.5 Å². The van der Waals surface area contributed by atoms with Gasteiger partial charge >= 0.3 is 0 Å². The first-order chi connectivity index (χ1) is 9.69. The standard InChI is InChI=1S/C15H22N2O3/c1-19-13-7-6-10(8-14(13)20-2)15(18)17-12-5-3-4-11(12)9-16/h6-8,11-12H,3-5,9,16H2,1-2H3,(H,17,18). The highest BCUT2D eigenvalue weighted by Crippen LogP contribution is 2.28. The fraction of sp³-hybridized carbons (Fsp3) is 0.533. The van der Waals surface area contributed by atoms with E-state index >= 15 is 0 Å². The Morgan fingerprint density at radius 2 is 2.05 bits per heavy atom. The Morgan fingerprint density at radius 1 is 1.30 bits per heavy atom. The maximum Gasteiger partial charge on any atom is 0.251 e. The van der Waals surface area contributed by atoms with Crippen molar-refractivity contribution in [3.05, 3.63) is 23.8 Å². The van der Waals surface area contributed by atoms with E-state index in [1.165, 1.54) is 0 Å². The number of carbonyl (C=O) groups excluding carboxylic acids is 1. The molecule has 2 atom stereocenters. The van der Waals surface area contributed by atoms with Gasteiger partial charge in [-0.25, -0.2) is 0 Å². The van der Waals surface area contributed by atoms with E-state index in [1.807, 2.05) is 0 Å². The summed E-state index contributed by atoms with van der Waals surface area (Å²) in [6.07, 6.45) is 3.22. The number of methoxy groups -OCH3 is 2. The summed E-state index contributed by atoms with van der Waals surface area (Å²) >= 11 is 0. The van der Waals surface area contributed by atoms with Crippen LogP contribution in [0.4, 0.5) is 0 Å². The van der Waals surface area contributed by atoms with Gasteiger partial charge in [0.05, 0.1) is 14.2 Å². The van der Waals surface area contributed by atoms with Crippen molar-refractivity contribution in [1.82, 2.24) is 5.32 Å². The summed E-state index contributed by atoms with van der Waals surface area (Å²) in [4.78, 5) is 12.3. The van der Waals surface area contributed by atoms with Gasteiger partial charge in [0.2, 0.25) is 0 Å². The third kappa shape index (κ3) is 3.04. The molecule has 5 nitrogen and oxygen atoms in total. The van der Waals surface area contributed by atoms with Crippen LogP contribution in [0.5, 0.6) is 11.5 Å². The molecule has 1 aliphatic rings. The molecule has 1 amide bonds. The number of hydrogen-bond acceptors (Lipinski definition) is 4. The molecule has 0 heterocycles. The second kappa shape index (κ2) is 6.61. The molecule has 2 unspecified atom stereocenters. The molecule has 1 aromatic rings. The first-order valence-corrected chi connectivity index (χ1v) is 6.92. The zero-order valence-corrected chi connectivity index (χ0v) is 12.0. The topological polar surface area (TPSA) is 73.6 Å². The molecule has 0 spiro atoms. The highest BCUT2D eigenvalue weighted by Gasteiger charge is 2.27. The number of carbonyl (C=O) groups is 1. The quantitative estimate of drug-likeness (QED) is 0.857. The Labute approximate surface area is 119 Å². The minimum absolute atomic E-state index is 0.0868. The van der Waals surface area contributed by atoms with Crippen molar-refractivity contribution in [3.63, 3.8) is 0 Å². The van der Waals surface area contributed by atoms with Crippen LogP contribution in [-0.4, -0.2) is 32.7 Å². The third-order valence-electron chi connectivity index (χ3n) is 3.92. The van der Waals surface area contributed by atoms with Gasteiger partial charge in [-0.15, -0.1) is 0 Å². The molecule has 1 aliphatic carbocycles. The average molecular weight is 278 g/mol. The monoisotopic (exact) mass is 278 g/mol. The van der Waals surface area contributed by atoms with E-state index in [0.717, 1.165) is 19.3 Å². The average Bonchev–Trinajstić information content (AvgIpc) is 2.93. The summed E-state index contributed by atoms with van der Waals surface area (Å²) < 4.78 is 10.4. The van der Waals surface area contributed by atoms with Crippen molar-refractivity contribution in [2.45, 2.75) is 25.3 Å². The van der Waals surface area contributed by atoms with E-state index < -0.39 is 0 Å². The second-order valence-electron chi connectivity index (χ2n) is 5.08. The molecular formula is C15H22N2O3. The summed E-state index contributed by atoms with van der Waals surface area (Å²) in [5.41, 5.74) is 6.31. The van der Waals surface area contributed by atoms with Gasteiger partial charge < -0.3 is 20.5 Å². The summed E-state index contributed by atoms with van der Waals surface area (Å²) in [5, 5.41) is 3.07. The summed E-state index contributed by atoms with van der Waals surface area (Å²) in [6, 6.07) is 5.35. The van der Waals surface area contributed by atoms with Crippen LogP contribution in [-0.2, 0) is 0 Å². The maximum atomic E-state index is 12.3. The molecule has 0 aliphatic heterocycles. The van der Waals surface area contributed by atoms with E-state index in [4.69, 9.17) is 15.2 Å². The summed E-state index contributed by atoms with van der Waals surface area (Å²) in [6.45, 7) is 0.622. The first kappa shape index (κ1) is 14.7. The smallest absolute Gasteiger partial charge is 0.251 e. The predicted octanol–water partition coefficient (Wildman–Crippen LogP) is 1.56. The van der Waals surface area contributed by atoms with Crippen molar-refractivity contribution >= 4 is 5.91 Å². The predicted molar refractivity (Wildman–Crippen MR) is 77.2 cm³/mol. The van der Waals surface area contributed by atoms with E-state index in [0.29, 0.717) is 29.5 Å². The Bertz CT molecular complexity index is 476. The van der Waals surface area contributed by atoms with Crippen LogP contribution in [0.1, 0.15) is 29.6 Å². The summed E-state index contributed by atoms with van der Waals surface area (Å²) in [5.74, 6) is 1.47. The third-order valence-corrected chi connectivity index (χ3v) is 3.92. The lowest BCUT2D eigenvalue weighted by Crippen LogP contribution is -2.39. The van der Waals surface area contributed by atoms with Crippen LogP contribution in [0.3, 0.4) is 0 Å². The summed E-state index contributed by atoms with van der Waals surface area (Å²) in [7, 11) is 3.13. The molecule has 0 saturated heterocycles. The molecule has 2 rings (SSSR count). The van der Waals surface area contributed by atoms with Crippen LogP contribution >= 0.6 is 0 Å². The normalized spacial score (nSPS) is 21.6. The number of amides is 1. The van der Waals surface area contributed by atoms with Crippen LogP contribution in [0.15, 0.2) is 18.2 Å². The molecule has 1 fully saturated rings. The Kier molecular flexibility index (Phi) is 4.84. The number of benzene rings is 1. The van der Waals surface area contributed by atoms with Gasteiger partial charge in [0, 0.05) is 11.6 Å². The van der Waals surface area contributed by atoms with E-state index in [9.17, 15) is 4.79 Å². The number of ether oxygens (including phenoxy) is 2. The molecule has 3 N–H and O–H groups in total. The van der Waals surface area contributed by atoms with Crippen molar-refractivity contribution < 1.29 is 14.3 Å². The number of hydrogen-bond donors (Lipinski definition) is 2. The van der Waals surface area contributed by atoms with Crippen molar-refractivity contribution in [3.8, 4) is 11.5 Å². The lowest BCUT2D eigenvalue weighted by molar-refractivity contribution is 0.0928. The Balaban J connectivity index is 2.09. The van der Waals surface area contributed by atoms with Crippen molar-refractivity contribution in [2.75, 3.05) is 20.8 Å². The molecule has 110 valence electrons. The molecule has 0 radical (unpaired) electrons. The van der Waals surface area contributed by atoms with Crippen molar-refractivity contribution in [1.29, 1.82) is 0 Å². The van der Waals surface area contributed by atoms with Crippen molar-refractivity contribution in [2.24, 2.45) is 11.7 Å². The van der Waals surface area contributed by atoms with Gasteiger partial charge in [-0.1, -0.05) is 6.42 Å². The minimum Gasteiger partial charge on any atom is -0.493 e. The van der Waals surface area contributed by atoms with E-state index in [-0.39, 0.29) is 11.9 Å². The maximum absolute atomic E-state index is 12.3. The molecule has 20 heavy (non-hydrogen) atoms. The first-order valence-electron chi connectivity index (χ1n) is 6.92. The molecule has 5 heteroatoms. The SMILES string of the molecule is COc1ccc(C(=O)NC2CCCC2CN)cc1OC. The fourth-order valence-corrected chi connectivity index (χ4v) is 2.74. The molecule has 0 aromatic heterocycles. The molecule has 1 saturated carbocycles. The van der Waals surface area contributed by atoms with Crippen LogP contribution in [0, 0.1) is 5.92 Å². The van der Waals surface area contributed by atoms with Gasteiger partial charge in [-0.2, -0.15) is 0 Å². The largest absolute Gasteiger partial charge is 0.493 e. The van der Waals surface area contributed by atoms with Crippen LogP contribution < -0.4 is 20.5 Å². The number of nitrogens with one attached hydrogen (secondary N) is 1. The molecule has 1 aromatic carbocycles. The highest BCUT2D eigenvalue weighted by molar-refractivity contribution is 5.95. The van der Waals surface area contributed by atoms with Gasteiger partial charge in [-0.3, -0.25) is 4.79 Å². The molecule has 0 bridgehead atoms. The molecular weight excluding hydrogens is 256 g/mol. The number of rotatable bonds is 5. The van der Waals surface area contributed by atoms with E-state index in [2.05, 4.69) is 5.32 Å². The van der Waals surface area contributed by atoms with Crippen LogP contribution in [0.2, 0.25) is 0 Å². The lowest BCUT2D eigenvalue weighted by atomic mass is 10.0. The zero-order valence-electron chi connectivity index (χ0n) is 12.0. The van der Waals surface area contributed by atoms with Gasteiger partial charge in [-0.05, 0) is 43.5 Å². The van der Waals surface area contributed by atoms with Gasteiger partial charge in [0.1, 0.15) is 0 Å². The zero-order chi connectivity index (χ0) is 14.5. The second-order valence-corrected chi connectivity index (χ2v) is 5.08. The van der Waals surface area contributed by atoms with Crippen LogP contribution in [0.25, 0.3) is 0 Å². The number of nitrogens with two attached hydrogens (primary N) is 1. The van der Waals surface area contributed by atoms with Gasteiger partial charge in [0.25, 0.3) is 5.91 Å².